The summed E-state index contributed by atoms with van der Waals surface area (Å²) in [5.41, 5.74) is 0. The fraction of sp³-hybridized carbons (Fsp3) is 0.545. The van der Waals surface area contributed by atoms with Crippen molar-refractivity contribution in [1.29, 1.82) is 0 Å². The first-order valence-electron chi connectivity index (χ1n) is 4.58. The van der Waals surface area contributed by atoms with Crippen LogP contribution in [0.15, 0.2) is 24.8 Å². The molecule has 0 bridgehead atoms. The molecule has 0 aliphatic rings. The predicted octanol–water partition coefficient (Wildman–Crippen LogP) is 2.87. The summed E-state index contributed by atoms with van der Waals surface area (Å²) in [4.78, 5) is 10.5. The summed E-state index contributed by atoms with van der Waals surface area (Å²) in [5, 5.41) is 8.67. The van der Waals surface area contributed by atoms with Crippen molar-refractivity contribution in [3.63, 3.8) is 0 Å². The Morgan fingerprint density at radius 1 is 1.54 bits per heavy atom. The van der Waals surface area contributed by atoms with Gasteiger partial charge in [0.1, 0.15) is 0 Å². The summed E-state index contributed by atoms with van der Waals surface area (Å²) < 4.78 is 0. The SMILES string of the molecule is C=CC=CCC(C)CC(C)C(=O)O. The highest BCUT2D eigenvalue weighted by molar-refractivity contribution is 5.69. The topological polar surface area (TPSA) is 37.3 Å². The van der Waals surface area contributed by atoms with E-state index in [4.69, 9.17) is 5.11 Å². The third-order valence-electron chi connectivity index (χ3n) is 1.99. The van der Waals surface area contributed by atoms with E-state index >= 15 is 0 Å². The van der Waals surface area contributed by atoms with Gasteiger partial charge in [0.25, 0.3) is 0 Å². The van der Waals surface area contributed by atoms with Crippen molar-refractivity contribution in [2.75, 3.05) is 0 Å². The number of aliphatic carboxylic acids is 1. The van der Waals surface area contributed by atoms with Crippen LogP contribution in [0.25, 0.3) is 0 Å². The fourth-order valence-corrected chi connectivity index (χ4v) is 1.21. The van der Waals surface area contributed by atoms with Crippen molar-refractivity contribution in [3.05, 3.63) is 24.8 Å². The van der Waals surface area contributed by atoms with Crippen LogP contribution in [0.1, 0.15) is 26.7 Å². The molecule has 2 atom stereocenters. The fourth-order valence-electron chi connectivity index (χ4n) is 1.21. The molecular formula is C11H18O2. The van der Waals surface area contributed by atoms with Crippen LogP contribution in [0.5, 0.6) is 0 Å². The van der Waals surface area contributed by atoms with Gasteiger partial charge < -0.3 is 5.11 Å². The van der Waals surface area contributed by atoms with E-state index in [-0.39, 0.29) is 5.92 Å². The number of allylic oxidation sites excluding steroid dienone is 3. The lowest BCUT2D eigenvalue weighted by Gasteiger charge is -2.11. The zero-order valence-electron chi connectivity index (χ0n) is 8.36. The second-order valence-electron chi connectivity index (χ2n) is 3.48. The molecule has 0 fully saturated rings. The normalized spacial score (nSPS) is 15.5. The van der Waals surface area contributed by atoms with Gasteiger partial charge >= 0.3 is 5.97 Å². The lowest BCUT2D eigenvalue weighted by atomic mass is 9.95. The van der Waals surface area contributed by atoms with Gasteiger partial charge in [0.2, 0.25) is 0 Å². The first kappa shape index (κ1) is 11.9. The van der Waals surface area contributed by atoms with Crippen molar-refractivity contribution in [3.8, 4) is 0 Å². The smallest absolute Gasteiger partial charge is 0.306 e. The van der Waals surface area contributed by atoms with E-state index in [2.05, 4.69) is 13.5 Å². The molecule has 0 aliphatic carbocycles. The van der Waals surface area contributed by atoms with Crippen LogP contribution < -0.4 is 0 Å². The van der Waals surface area contributed by atoms with Crippen molar-refractivity contribution in [1.82, 2.24) is 0 Å². The van der Waals surface area contributed by atoms with E-state index in [9.17, 15) is 4.79 Å². The minimum absolute atomic E-state index is 0.243. The standard InChI is InChI=1S/C11H18O2/c1-4-5-6-7-9(2)8-10(3)11(12)13/h4-6,9-10H,1,7-8H2,2-3H3,(H,12,13). The number of rotatable bonds is 6. The molecular weight excluding hydrogens is 164 g/mol. The molecule has 0 aromatic heterocycles. The Balaban J connectivity index is 3.73. The highest BCUT2D eigenvalue weighted by atomic mass is 16.4. The van der Waals surface area contributed by atoms with E-state index in [0.717, 1.165) is 12.8 Å². The van der Waals surface area contributed by atoms with Gasteiger partial charge in [0.15, 0.2) is 0 Å². The monoisotopic (exact) mass is 182 g/mol. The Hall–Kier alpha value is -1.05. The first-order valence-corrected chi connectivity index (χ1v) is 4.58. The van der Waals surface area contributed by atoms with Crippen LogP contribution in [0.4, 0.5) is 0 Å². The largest absolute Gasteiger partial charge is 0.481 e. The molecule has 0 aliphatic heterocycles. The van der Waals surface area contributed by atoms with E-state index in [0.29, 0.717) is 5.92 Å². The third kappa shape index (κ3) is 6.14. The lowest BCUT2D eigenvalue weighted by molar-refractivity contribution is -0.141. The molecule has 13 heavy (non-hydrogen) atoms. The maximum atomic E-state index is 10.5. The molecule has 0 aromatic carbocycles. The van der Waals surface area contributed by atoms with Crippen LogP contribution in [0.2, 0.25) is 0 Å². The van der Waals surface area contributed by atoms with E-state index in [1.807, 2.05) is 12.2 Å². The number of hydrogen-bond acceptors (Lipinski definition) is 1. The van der Waals surface area contributed by atoms with Gasteiger partial charge in [-0.15, -0.1) is 0 Å². The average molecular weight is 182 g/mol. The van der Waals surface area contributed by atoms with Crippen molar-refractivity contribution in [2.24, 2.45) is 11.8 Å². The molecule has 2 nitrogen and oxygen atoms in total. The zero-order valence-corrected chi connectivity index (χ0v) is 8.36. The van der Waals surface area contributed by atoms with Crippen LogP contribution in [0.3, 0.4) is 0 Å². The average Bonchev–Trinajstić information content (AvgIpc) is 2.04. The predicted molar refractivity (Wildman–Crippen MR) is 54.5 cm³/mol. The molecule has 0 radical (unpaired) electrons. The van der Waals surface area contributed by atoms with Crippen LogP contribution in [0, 0.1) is 11.8 Å². The molecule has 2 unspecified atom stereocenters. The van der Waals surface area contributed by atoms with Crippen LogP contribution in [-0.2, 0) is 4.79 Å². The highest BCUT2D eigenvalue weighted by Crippen LogP contribution is 2.15. The number of carbonyl (C=O) groups is 1. The van der Waals surface area contributed by atoms with Crippen LogP contribution in [-0.4, -0.2) is 11.1 Å². The second kappa shape index (κ2) is 6.46. The molecule has 0 saturated carbocycles. The van der Waals surface area contributed by atoms with Crippen LogP contribution >= 0.6 is 0 Å². The van der Waals surface area contributed by atoms with Gasteiger partial charge in [-0.2, -0.15) is 0 Å². The third-order valence-corrected chi connectivity index (χ3v) is 1.99. The van der Waals surface area contributed by atoms with Gasteiger partial charge in [-0.3, -0.25) is 4.79 Å². The minimum Gasteiger partial charge on any atom is -0.481 e. The summed E-state index contributed by atoms with van der Waals surface area (Å²) in [7, 11) is 0. The summed E-state index contributed by atoms with van der Waals surface area (Å²) in [6, 6.07) is 0. The first-order chi connectivity index (χ1) is 6.07. The number of hydrogen-bond donors (Lipinski definition) is 1. The molecule has 0 heterocycles. The molecule has 2 heteroatoms. The van der Waals surface area contributed by atoms with Gasteiger partial charge in [-0.05, 0) is 18.8 Å². The Labute approximate surface area is 80.0 Å². The van der Waals surface area contributed by atoms with Gasteiger partial charge in [0, 0.05) is 0 Å². The minimum atomic E-state index is -0.709. The lowest BCUT2D eigenvalue weighted by Crippen LogP contribution is -2.12. The molecule has 74 valence electrons. The Morgan fingerprint density at radius 3 is 2.62 bits per heavy atom. The van der Waals surface area contributed by atoms with E-state index in [1.165, 1.54) is 0 Å². The molecule has 0 spiro atoms. The second-order valence-corrected chi connectivity index (χ2v) is 3.48. The number of carboxylic acid groups (broad SMARTS) is 1. The zero-order chi connectivity index (χ0) is 10.3. The van der Waals surface area contributed by atoms with Crippen molar-refractivity contribution in [2.45, 2.75) is 26.7 Å². The van der Waals surface area contributed by atoms with E-state index < -0.39 is 5.97 Å². The van der Waals surface area contributed by atoms with Gasteiger partial charge in [-0.1, -0.05) is 38.7 Å². The summed E-state index contributed by atoms with van der Waals surface area (Å²) in [5.74, 6) is -0.533. The molecule has 0 amide bonds. The Kier molecular flexibility index (Phi) is 5.94. The Morgan fingerprint density at radius 2 is 2.15 bits per heavy atom. The van der Waals surface area contributed by atoms with Crippen molar-refractivity contribution < 1.29 is 9.90 Å². The molecule has 0 saturated heterocycles. The maximum absolute atomic E-state index is 10.5. The Bertz CT molecular complexity index is 194. The molecule has 0 rings (SSSR count). The summed E-state index contributed by atoms with van der Waals surface area (Å²) in [6.07, 6.45) is 7.29. The molecule has 0 aromatic rings. The number of carboxylic acids is 1. The van der Waals surface area contributed by atoms with Crippen molar-refractivity contribution >= 4 is 5.97 Å². The summed E-state index contributed by atoms with van der Waals surface area (Å²) >= 11 is 0. The van der Waals surface area contributed by atoms with E-state index in [1.54, 1.807) is 13.0 Å². The quantitative estimate of drug-likeness (QED) is 0.641. The van der Waals surface area contributed by atoms with Gasteiger partial charge in [0.05, 0.1) is 5.92 Å². The highest BCUT2D eigenvalue weighted by Gasteiger charge is 2.13. The molecule has 1 N–H and O–H groups in total. The summed E-state index contributed by atoms with van der Waals surface area (Å²) in [6.45, 7) is 7.37. The van der Waals surface area contributed by atoms with Gasteiger partial charge in [-0.25, -0.2) is 0 Å². The maximum Gasteiger partial charge on any atom is 0.306 e.